The zero-order chi connectivity index (χ0) is 11.5. The van der Waals surface area contributed by atoms with Gasteiger partial charge in [0, 0.05) is 11.3 Å². The molecule has 0 radical (unpaired) electrons. The number of carbonyl (C=O) groups excluding carboxylic acids is 1. The van der Waals surface area contributed by atoms with Gasteiger partial charge in [0.1, 0.15) is 0 Å². The van der Waals surface area contributed by atoms with E-state index < -0.39 is 0 Å². The molecule has 0 aliphatic heterocycles. The van der Waals surface area contributed by atoms with Crippen LogP contribution in [0.5, 0.6) is 0 Å². The van der Waals surface area contributed by atoms with Crippen molar-refractivity contribution in [3.63, 3.8) is 0 Å². The molecule has 2 aromatic rings. The van der Waals surface area contributed by atoms with Gasteiger partial charge in [-0.2, -0.15) is 0 Å². The first-order chi connectivity index (χ1) is 7.70. The molecular formula is C9H10N4O2S. The van der Waals surface area contributed by atoms with Crippen molar-refractivity contribution in [3.8, 4) is 10.7 Å². The van der Waals surface area contributed by atoms with Gasteiger partial charge in [-0.15, -0.1) is 16.4 Å². The molecule has 84 valence electrons. The van der Waals surface area contributed by atoms with Crippen molar-refractivity contribution in [2.75, 3.05) is 0 Å². The van der Waals surface area contributed by atoms with Crippen molar-refractivity contribution >= 4 is 17.3 Å². The Bertz CT molecular complexity index is 505. The highest BCUT2D eigenvalue weighted by atomic mass is 32.1. The Morgan fingerprint density at radius 2 is 2.38 bits per heavy atom. The first kappa shape index (κ1) is 10.7. The second kappa shape index (κ2) is 4.40. The van der Waals surface area contributed by atoms with Gasteiger partial charge < -0.3 is 4.84 Å². The van der Waals surface area contributed by atoms with E-state index >= 15 is 0 Å². The molecule has 0 spiro atoms. The zero-order valence-corrected chi connectivity index (χ0v) is 9.69. The summed E-state index contributed by atoms with van der Waals surface area (Å²) in [4.78, 5) is 19.1. The normalized spacial score (nSPS) is 10.4. The van der Waals surface area contributed by atoms with E-state index in [0.717, 1.165) is 14.6 Å². The minimum absolute atomic E-state index is 0.281. The Labute approximate surface area is 95.8 Å². The van der Waals surface area contributed by atoms with Crippen molar-refractivity contribution in [1.82, 2.24) is 20.4 Å². The largest absolute Gasteiger partial charge is 0.334 e. The molecule has 7 heteroatoms. The van der Waals surface area contributed by atoms with E-state index in [2.05, 4.69) is 15.5 Å². The topological polar surface area (TPSA) is 69.9 Å². The molecule has 0 saturated carbocycles. The third kappa shape index (κ3) is 2.08. The molecule has 0 unspecified atom stereocenters. The molecule has 2 aromatic heterocycles. The van der Waals surface area contributed by atoms with Crippen LogP contribution in [0.3, 0.4) is 0 Å². The van der Waals surface area contributed by atoms with Crippen LogP contribution in [-0.2, 0) is 4.79 Å². The van der Waals surface area contributed by atoms with Crippen LogP contribution >= 0.6 is 11.3 Å². The average Bonchev–Trinajstić information content (AvgIpc) is 2.86. The third-order valence-electron chi connectivity index (χ3n) is 1.88. The summed E-state index contributed by atoms with van der Waals surface area (Å²) < 4.78 is 0. The van der Waals surface area contributed by atoms with Crippen molar-refractivity contribution in [3.05, 3.63) is 17.0 Å². The summed E-state index contributed by atoms with van der Waals surface area (Å²) in [6.45, 7) is 3.70. The fourth-order valence-corrected chi connectivity index (χ4v) is 1.93. The highest BCUT2D eigenvalue weighted by Crippen LogP contribution is 2.24. The zero-order valence-electron chi connectivity index (χ0n) is 8.88. The quantitative estimate of drug-likeness (QED) is 0.748. The predicted octanol–water partition coefficient (Wildman–Crippen LogP) is 1.08. The van der Waals surface area contributed by atoms with Crippen LogP contribution < -0.4 is 4.84 Å². The fourth-order valence-electron chi connectivity index (χ4n) is 1.10. The minimum Gasteiger partial charge on any atom is -0.316 e. The van der Waals surface area contributed by atoms with Gasteiger partial charge in [0.25, 0.3) is 0 Å². The lowest BCUT2D eigenvalue weighted by atomic mass is 10.4. The van der Waals surface area contributed by atoms with Gasteiger partial charge in [-0.05, 0) is 34.3 Å². The molecule has 16 heavy (non-hydrogen) atoms. The van der Waals surface area contributed by atoms with Crippen LogP contribution in [0.15, 0.2) is 12.1 Å². The van der Waals surface area contributed by atoms with E-state index in [1.54, 1.807) is 6.92 Å². The summed E-state index contributed by atoms with van der Waals surface area (Å²) in [7, 11) is 0. The van der Waals surface area contributed by atoms with Gasteiger partial charge in [0.15, 0.2) is 0 Å². The third-order valence-corrected chi connectivity index (χ3v) is 2.88. The number of carbonyl (C=O) groups is 1. The lowest BCUT2D eigenvalue weighted by molar-refractivity contribution is -0.145. The number of rotatable bonds is 3. The highest BCUT2D eigenvalue weighted by molar-refractivity contribution is 7.15. The van der Waals surface area contributed by atoms with Crippen LogP contribution in [0, 0.1) is 6.92 Å². The SMILES string of the molecule is CCC(=O)On1nnnc1-c1ccc(C)s1. The molecule has 0 N–H and O–H groups in total. The van der Waals surface area contributed by atoms with Crippen molar-refractivity contribution in [1.29, 1.82) is 0 Å². The van der Waals surface area contributed by atoms with Crippen molar-refractivity contribution < 1.29 is 9.63 Å². The van der Waals surface area contributed by atoms with E-state index in [1.807, 2.05) is 19.1 Å². The van der Waals surface area contributed by atoms with Crippen molar-refractivity contribution in [2.24, 2.45) is 0 Å². The number of thiophene rings is 1. The number of hydrogen-bond donors (Lipinski definition) is 0. The number of hydrogen-bond acceptors (Lipinski definition) is 6. The maximum Gasteiger partial charge on any atom is 0.334 e. The summed E-state index contributed by atoms with van der Waals surface area (Å²) in [5.74, 6) is 0.0710. The lowest BCUT2D eigenvalue weighted by Gasteiger charge is -2.01. The van der Waals surface area contributed by atoms with Gasteiger partial charge in [0.2, 0.25) is 5.82 Å². The molecule has 0 aliphatic carbocycles. The Morgan fingerprint density at radius 1 is 1.56 bits per heavy atom. The first-order valence-corrected chi connectivity index (χ1v) is 5.58. The molecule has 6 nitrogen and oxygen atoms in total. The predicted molar refractivity (Wildman–Crippen MR) is 57.7 cm³/mol. The number of aryl methyl sites for hydroxylation is 1. The average molecular weight is 238 g/mol. The molecule has 2 rings (SSSR count). The molecular weight excluding hydrogens is 228 g/mol. The first-order valence-electron chi connectivity index (χ1n) is 4.77. The van der Waals surface area contributed by atoms with Gasteiger partial charge in [-0.1, -0.05) is 6.92 Å². The molecule has 0 amide bonds. The van der Waals surface area contributed by atoms with Crippen molar-refractivity contribution in [2.45, 2.75) is 20.3 Å². The molecule has 0 saturated heterocycles. The second-order valence-electron chi connectivity index (χ2n) is 3.10. The van der Waals surface area contributed by atoms with Gasteiger partial charge in [0.05, 0.1) is 4.88 Å². The van der Waals surface area contributed by atoms with E-state index in [-0.39, 0.29) is 12.4 Å². The second-order valence-corrected chi connectivity index (χ2v) is 4.39. The maximum atomic E-state index is 11.1. The number of aromatic nitrogens is 4. The Morgan fingerprint density at radius 3 is 3.00 bits per heavy atom. The Hall–Kier alpha value is -1.76. The summed E-state index contributed by atoms with van der Waals surface area (Å²) in [5, 5.41) is 10.9. The molecule has 2 heterocycles. The molecule has 0 aliphatic rings. The van der Waals surface area contributed by atoms with E-state index in [4.69, 9.17) is 4.84 Å². The Kier molecular flexibility index (Phi) is 2.95. The van der Waals surface area contributed by atoms with Crippen LogP contribution in [0.2, 0.25) is 0 Å². The van der Waals surface area contributed by atoms with Crippen LogP contribution in [0.4, 0.5) is 0 Å². The van der Waals surface area contributed by atoms with Crippen LogP contribution in [-0.4, -0.2) is 26.3 Å². The molecule has 0 fully saturated rings. The summed E-state index contributed by atoms with van der Waals surface area (Å²) in [6, 6.07) is 3.85. The van der Waals surface area contributed by atoms with E-state index in [9.17, 15) is 4.79 Å². The smallest absolute Gasteiger partial charge is 0.316 e. The van der Waals surface area contributed by atoms with E-state index in [1.165, 1.54) is 11.3 Å². The molecule has 0 aromatic carbocycles. The minimum atomic E-state index is -0.373. The Balaban J connectivity index is 2.29. The molecule has 0 bridgehead atoms. The maximum absolute atomic E-state index is 11.1. The summed E-state index contributed by atoms with van der Waals surface area (Å²) in [5.41, 5.74) is 0. The van der Waals surface area contributed by atoms with E-state index in [0.29, 0.717) is 5.82 Å². The summed E-state index contributed by atoms with van der Waals surface area (Å²) in [6.07, 6.45) is 0.281. The molecule has 0 atom stereocenters. The summed E-state index contributed by atoms with van der Waals surface area (Å²) >= 11 is 1.54. The van der Waals surface area contributed by atoms with Gasteiger partial charge in [-0.25, -0.2) is 4.79 Å². The van der Waals surface area contributed by atoms with Crippen LogP contribution in [0.25, 0.3) is 10.7 Å². The van der Waals surface area contributed by atoms with Gasteiger partial charge >= 0.3 is 5.97 Å². The number of tetrazole rings is 1. The van der Waals surface area contributed by atoms with Crippen LogP contribution in [0.1, 0.15) is 18.2 Å². The highest BCUT2D eigenvalue weighted by Gasteiger charge is 2.13. The standard InChI is InChI=1S/C9H10N4O2S/c1-3-8(14)15-13-9(10-11-12-13)7-5-4-6(2)16-7/h4-5H,3H2,1-2H3. The fraction of sp³-hybridized carbons (Fsp3) is 0.333. The van der Waals surface area contributed by atoms with Gasteiger partial charge in [-0.3, -0.25) is 0 Å². The number of nitrogens with zero attached hydrogens (tertiary/aromatic N) is 4. The lowest BCUT2D eigenvalue weighted by Crippen LogP contribution is -2.20. The monoisotopic (exact) mass is 238 g/mol.